The normalized spacial score (nSPS) is 11.0. The fraction of sp³-hybridized carbons (Fsp3) is 0.250. The highest BCUT2D eigenvalue weighted by Crippen LogP contribution is 2.38. The Hall–Kier alpha value is -3.93. The summed E-state index contributed by atoms with van der Waals surface area (Å²) in [6.07, 6.45) is 0.522. The lowest BCUT2D eigenvalue weighted by molar-refractivity contribution is -0.187. The van der Waals surface area contributed by atoms with E-state index in [9.17, 15) is 14.4 Å². The first kappa shape index (κ1) is 24.7. The molecule has 0 amide bonds. The number of hydrogen-bond donors (Lipinski definition) is 0. The van der Waals surface area contributed by atoms with E-state index in [0.717, 1.165) is 5.56 Å². The van der Waals surface area contributed by atoms with Gasteiger partial charge in [0.05, 0.1) is 16.7 Å². The highest BCUT2D eigenvalue weighted by atomic mass is 17.2. The van der Waals surface area contributed by atoms with E-state index in [1.807, 2.05) is 39.8 Å². The highest BCUT2D eigenvalue weighted by molar-refractivity contribution is 5.96. The summed E-state index contributed by atoms with van der Waals surface area (Å²) in [5, 5.41) is 0. The maximum atomic E-state index is 13.0. The van der Waals surface area contributed by atoms with Crippen molar-refractivity contribution in [1.82, 2.24) is 0 Å². The van der Waals surface area contributed by atoms with Crippen LogP contribution in [0.3, 0.4) is 0 Å². The minimum absolute atomic E-state index is 0.201. The second-order valence-corrected chi connectivity index (χ2v) is 8.88. The Morgan fingerprint density at radius 1 is 0.765 bits per heavy atom. The Kier molecular flexibility index (Phi) is 7.51. The third kappa shape index (κ3) is 5.52. The molecule has 0 aliphatic carbocycles. The van der Waals surface area contributed by atoms with E-state index in [0.29, 0.717) is 28.9 Å². The van der Waals surface area contributed by atoms with Gasteiger partial charge in [-0.2, -0.15) is 0 Å². The summed E-state index contributed by atoms with van der Waals surface area (Å²) >= 11 is 0. The largest absolute Gasteiger partial charge is 0.422 e. The van der Waals surface area contributed by atoms with Crippen LogP contribution in [0.4, 0.5) is 0 Å². The van der Waals surface area contributed by atoms with Gasteiger partial charge in [0.2, 0.25) is 0 Å². The molecule has 34 heavy (non-hydrogen) atoms. The molecule has 6 heteroatoms. The summed E-state index contributed by atoms with van der Waals surface area (Å²) in [5.74, 6) is -1.86. The van der Waals surface area contributed by atoms with Crippen LogP contribution in [0, 0.1) is 6.92 Å². The topological polar surface area (TPSA) is 78.9 Å². The van der Waals surface area contributed by atoms with Crippen molar-refractivity contribution in [3.05, 3.63) is 100 Å². The van der Waals surface area contributed by atoms with E-state index in [1.165, 1.54) is 0 Å². The highest BCUT2D eigenvalue weighted by Gasteiger charge is 2.29. The Labute approximate surface area is 199 Å². The number of rotatable bonds is 5. The summed E-state index contributed by atoms with van der Waals surface area (Å²) in [4.78, 5) is 47.8. The fourth-order valence-electron chi connectivity index (χ4n) is 3.59. The van der Waals surface area contributed by atoms with Crippen LogP contribution in [-0.2, 0) is 21.6 Å². The van der Waals surface area contributed by atoms with Gasteiger partial charge in [0.1, 0.15) is 5.75 Å². The monoisotopic (exact) mass is 460 g/mol. The molecule has 0 spiro atoms. The molecule has 0 radical (unpaired) electrons. The average Bonchev–Trinajstić information content (AvgIpc) is 2.83. The third-order valence-corrected chi connectivity index (χ3v) is 5.40. The molecule has 0 N–H and O–H groups in total. The van der Waals surface area contributed by atoms with Crippen molar-refractivity contribution in [2.75, 3.05) is 0 Å². The predicted octanol–water partition coefficient (Wildman–Crippen LogP) is 6.00. The van der Waals surface area contributed by atoms with E-state index in [4.69, 9.17) is 14.5 Å². The number of carbonyl (C=O) groups excluding carboxylic acids is 3. The Morgan fingerprint density at radius 2 is 1.26 bits per heavy atom. The first-order valence-electron chi connectivity index (χ1n) is 11.1. The number of carbonyl (C=O) groups is 3. The lowest BCUT2D eigenvalue weighted by Gasteiger charge is -2.26. The number of benzene rings is 3. The van der Waals surface area contributed by atoms with Gasteiger partial charge in [0.25, 0.3) is 0 Å². The van der Waals surface area contributed by atoms with E-state index in [1.54, 1.807) is 61.5 Å². The molecule has 0 aromatic heterocycles. The van der Waals surface area contributed by atoms with Crippen LogP contribution in [0.5, 0.6) is 5.75 Å². The van der Waals surface area contributed by atoms with Gasteiger partial charge in [-0.25, -0.2) is 24.2 Å². The van der Waals surface area contributed by atoms with Crippen molar-refractivity contribution >= 4 is 17.9 Å². The van der Waals surface area contributed by atoms with Crippen LogP contribution < -0.4 is 4.74 Å². The van der Waals surface area contributed by atoms with Crippen molar-refractivity contribution in [3.63, 3.8) is 0 Å². The summed E-state index contributed by atoms with van der Waals surface area (Å²) in [6.45, 7) is 9.60. The predicted molar refractivity (Wildman–Crippen MR) is 128 cm³/mol. The standard InChI is InChI=1S/C28H28O6/c1-6-19-17-22(28(3,4)5)24(32-25(29)20-13-9-7-10-14-20)18(2)23(19)27(31)34-33-26(30)21-15-11-8-12-16-21/h7-17H,6H2,1-5H3. The average molecular weight is 461 g/mol. The van der Waals surface area contributed by atoms with Gasteiger partial charge in [0.15, 0.2) is 0 Å². The molecule has 0 unspecified atom stereocenters. The van der Waals surface area contributed by atoms with E-state index in [-0.39, 0.29) is 16.5 Å². The van der Waals surface area contributed by atoms with Gasteiger partial charge in [-0.3, -0.25) is 0 Å². The minimum Gasteiger partial charge on any atom is -0.422 e. The van der Waals surface area contributed by atoms with Crippen LogP contribution in [0.15, 0.2) is 66.7 Å². The summed E-state index contributed by atoms with van der Waals surface area (Å²) in [5.41, 5.74) is 2.39. The first-order chi connectivity index (χ1) is 16.1. The fourth-order valence-corrected chi connectivity index (χ4v) is 3.59. The van der Waals surface area contributed by atoms with E-state index < -0.39 is 17.9 Å². The molecule has 3 aromatic rings. The van der Waals surface area contributed by atoms with Gasteiger partial charge in [-0.1, -0.05) is 70.2 Å². The number of esters is 1. The van der Waals surface area contributed by atoms with Crippen molar-refractivity contribution < 1.29 is 28.9 Å². The quantitative estimate of drug-likeness (QED) is 0.201. The number of ether oxygens (including phenoxy) is 1. The van der Waals surface area contributed by atoms with Gasteiger partial charge < -0.3 is 4.74 Å². The van der Waals surface area contributed by atoms with Crippen molar-refractivity contribution in [3.8, 4) is 5.75 Å². The SMILES string of the molecule is CCc1cc(C(C)(C)C)c(OC(=O)c2ccccc2)c(C)c1C(=O)OOC(=O)c1ccccc1. The molecule has 3 rings (SSSR count). The molecule has 0 bridgehead atoms. The molecule has 0 aliphatic rings. The van der Waals surface area contributed by atoms with Gasteiger partial charge in [-0.05, 0) is 48.6 Å². The zero-order chi connectivity index (χ0) is 24.9. The van der Waals surface area contributed by atoms with Crippen LogP contribution in [-0.4, -0.2) is 17.9 Å². The molecule has 0 saturated carbocycles. The van der Waals surface area contributed by atoms with Crippen molar-refractivity contribution in [1.29, 1.82) is 0 Å². The van der Waals surface area contributed by atoms with Crippen LogP contribution in [0.2, 0.25) is 0 Å². The second-order valence-electron chi connectivity index (χ2n) is 8.88. The molecule has 3 aromatic carbocycles. The molecule has 0 aliphatic heterocycles. The third-order valence-electron chi connectivity index (χ3n) is 5.40. The molecule has 0 atom stereocenters. The maximum Gasteiger partial charge on any atom is 0.387 e. The molecule has 0 saturated heterocycles. The number of hydrogen-bond acceptors (Lipinski definition) is 6. The Morgan fingerprint density at radius 3 is 1.76 bits per heavy atom. The zero-order valence-electron chi connectivity index (χ0n) is 20.0. The van der Waals surface area contributed by atoms with Crippen LogP contribution >= 0.6 is 0 Å². The zero-order valence-corrected chi connectivity index (χ0v) is 20.0. The Bertz CT molecular complexity index is 1190. The maximum absolute atomic E-state index is 13.0. The lowest BCUT2D eigenvalue weighted by Crippen LogP contribution is -2.21. The second kappa shape index (κ2) is 10.3. The summed E-state index contributed by atoms with van der Waals surface area (Å²) in [7, 11) is 0. The van der Waals surface area contributed by atoms with Gasteiger partial charge in [0, 0.05) is 11.1 Å². The minimum atomic E-state index is -0.837. The molecule has 0 fully saturated rings. The molecule has 6 nitrogen and oxygen atoms in total. The van der Waals surface area contributed by atoms with E-state index >= 15 is 0 Å². The van der Waals surface area contributed by atoms with Crippen LogP contribution in [0.25, 0.3) is 0 Å². The van der Waals surface area contributed by atoms with Crippen molar-refractivity contribution in [2.24, 2.45) is 0 Å². The Balaban J connectivity index is 1.98. The molecule has 176 valence electrons. The molecular weight excluding hydrogens is 432 g/mol. The van der Waals surface area contributed by atoms with Gasteiger partial charge in [-0.15, -0.1) is 0 Å². The van der Waals surface area contributed by atoms with Gasteiger partial charge >= 0.3 is 17.9 Å². The smallest absolute Gasteiger partial charge is 0.387 e. The molecule has 0 heterocycles. The lowest BCUT2D eigenvalue weighted by atomic mass is 9.82. The number of aryl methyl sites for hydroxylation is 1. The molecular formula is C28H28O6. The first-order valence-corrected chi connectivity index (χ1v) is 11.1. The van der Waals surface area contributed by atoms with Crippen LogP contribution in [0.1, 0.15) is 75.5 Å². The summed E-state index contributed by atoms with van der Waals surface area (Å²) in [6, 6.07) is 18.7. The van der Waals surface area contributed by atoms with Crippen molar-refractivity contribution in [2.45, 2.75) is 46.5 Å². The summed E-state index contributed by atoms with van der Waals surface area (Å²) < 4.78 is 5.82. The van der Waals surface area contributed by atoms with E-state index in [2.05, 4.69) is 0 Å².